The van der Waals surface area contributed by atoms with Gasteiger partial charge in [-0.25, -0.2) is 10.8 Å². The summed E-state index contributed by atoms with van der Waals surface area (Å²) in [5.74, 6) is 5.01. The number of hydrogen-bond donors (Lipinski definition) is 2. The second-order valence-electron chi connectivity index (χ2n) is 5.19. The molecule has 0 atom stereocenters. The number of hydrogen-bond acceptors (Lipinski definition) is 6. The van der Waals surface area contributed by atoms with E-state index in [9.17, 15) is 4.79 Å². The Morgan fingerprint density at radius 3 is 2.70 bits per heavy atom. The number of nitrogen functional groups attached to an aromatic ring is 1. The molecule has 7 heteroatoms. The Hall–Kier alpha value is -1.02. The summed E-state index contributed by atoms with van der Waals surface area (Å²) in [5, 5.41) is 1.01. The summed E-state index contributed by atoms with van der Waals surface area (Å²) < 4.78 is 0. The molecule has 0 aliphatic carbocycles. The minimum absolute atomic E-state index is 0.226. The van der Waals surface area contributed by atoms with Crippen LogP contribution in [-0.2, 0) is 13.0 Å². The van der Waals surface area contributed by atoms with E-state index in [4.69, 9.17) is 5.84 Å². The van der Waals surface area contributed by atoms with Gasteiger partial charge in [0.1, 0.15) is 9.88 Å². The van der Waals surface area contributed by atoms with Gasteiger partial charge in [0.2, 0.25) is 0 Å². The van der Waals surface area contributed by atoms with Crippen LogP contribution in [0.4, 0.5) is 0 Å². The SMILES string of the molecule is CCCc1nc(CN2CCN(C)CC2)sc1C(=O)NN. The zero-order chi connectivity index (χ0) is 14.5. The van der Waals surface area contributed by atoms with Crippen molar-refractivity contribution in [3.05, 3.63) is 15.6 Å². The smallest absolute Gasteiger partial charge is 0.277 e. The maximum atomic E-state index is 11.8. The average molecular weight is 297 g/mol. The zero-order valence-electron chi connectivity index (χ0n) is 12.2. The van der Waals surface area contributed by atoms with Crippen LogP contribution in [0.5, 0.6) is 0 Å². The van der Waals surface area contributed by atoms with Crippen LogP contribution in [-0.4, -0.2) is 53.9 Å². The van der Waals surface area contributed by atoms with E-state index in [0.29, 0.717) is 4.88 Å². The van der Waals surface area contributed by atoms with Crippen LogP contribution in [0.25, 0.3) is 0 Å². The highest BCUT2D eigenvalue weighted by molar-refractivity contribution is 7.13. The third-order valence-electron chi connectivity index (χ3n) is 3.52. The molecule has 1 aliphatic rings. The number of likely N-dealkylation sites (N-methyl/N-ethyl adjacent to an activating group) is 1. The molecule has 0 unspecified atom stereocenters. The summed E-state index contributed by atoms with van der Waals surface area (Å²) >= 11 is 1.47. The predicted molar refractivity (Wildman–Crippen MR) is 80.5 cm³/mol. The molecule has 0 aromatic carbocycles. The highest BCUT2D eigenvalue weighted by Crippen LogP contribution is 2.21. The third-order valence-corrected chi connectivity index (χ3v) is 4.60. The molecule has 1 aliphatic heterocycles. The number of carbonyl (C=O) groups excluding carboxylic acids is 1. The second-order valence-corrected chi connectivity index (χ2v) is 6.27. The van der Waals surface area contributed by atoms with Crippen molar-refractivity contribution in [3.63, 3.8) is 0 Å². The van der Waals surface area contributed by atoms with Crippen LogP contribution < -0.4 is 11.3 Å². The van der Waals surface area contributed by atoms with Crippen LogP contribution in [0.2, 0.25) is 0 Å². The van der Waals surface area contributed by atoms with Gasteiger partial charge in [0.05, 0.1) is 12.2 Å². The van der Waals surface area contributed by atoms with Crippen LogP contribution in [0, 0.1) is 0 Å². The van der Waals surface area contributed by atoms with Crippen molar-refractivity contribution in [2.24, 2.45) is 5.84 Å². The molecule has 0 bridgehead atoms. The molecule has 1 saturated heterocycles. The minimum Gasteiger partial charge on any atom is -0.304 e. The molecule has 112 valence electrons. The lowest BCUT2D eigenvalue weighted by Crippen LogP contribution is -2.43. The fourth-order valence-electron chi connectivity index (χ4n) is 2.31. The van der Waals surface area contributed by atoms with Gasteiger partial charge in [0.15, 0.2) is 0 Å². The van der Waals surface area contributed by atoms with Gasteiger partial charge in [0.25, 0.3) is 5.91 Å². The molecule has 20 heavy (non-hydrogen) atoms. The summed E-state index contributed by atoms with van der Waals surface area (Å²) in [6, 6.07) is 0. The first-order valence-corrected chi connectivity index (χ1v) is 7.86. The lowest BCUT2D eigenvalue weighted by molar-refractivity contribution is 0.0956. The number of thiazole rings is 1. The molecule has 2 heterocycles. The summed E-state index contributed by atoms with van der Waals surface area (Å²) in [5.41, 5.74) is 3.09. The number of aromatic nitrogens is 1. The fraction of sp³-hybridized carbons (Fsp3) is 0.692. The first-order chi connectivity index (χ1) is 9.63. The number of nitrogens with one attached hydrogen (secondary N) is 1. The average Bonchev–Trinajstić information content (AvgIpc) is 2.84. The number of aryl methyl sites for hydroxylation is 1. The molecular weight excluding hydrogens is 274 g/mol. The molecule has 0 saturated carbocycles. The first-order valence-electron chi connectivity index (χ1n) is 7.04. The van der Waals surface area contributed by atoms with Crippen molar-refractivity contribution in [2.75, 3.05) is 33.2 Å². The molecule has 0 radical (unpaired) electrons. The first kappa shape index (κ1) is 15.4. The van der Waals surface area contributed by atoms with E-state index in [2.05, 4.69) is 34.2 Å². The van der Waals surface area contributed by atoms with Crippen LogP contribution >= 0.6 is 11.3 Å². The summed E-state index contributed by atoms with van der Waals surface area (Å²) in [4.78, 5) is 21.8. The van der Waals surface area contributed by atoms with Gasteiger partial charge in [-0.2, -0.15) is 0 Å². The largest absolute Gasteiger partial charge is 0.304 e. The van der Waals surface area contributed by atoms with Crippen LogP contribution in [0.3, 0.4) is 0 Å². The van der Waals surface area contributed by atoms with Crippen molar-refractivity contribution < 1.29 is 4.79 Å². The number of hydrazine groups is 1. The quantitative estimate of drug-likeness (QED) is 0.469. The maximum Gasteiger partial charge on any atom is 0.277 e. The highest BCUT2D eigenvalue weighted by Gasteiger charge is 2.20. The molecular formula is C13H23N5OS. The Bertz CT molecular complexity index is 454. The number of amides is 1. The van der Waals surface area contributed by atoms with Crippen molar-refractivity contribution in [1.82, 2.24) is 20.2 Å². The van der Waals surface area contributed by atoms with Crippen molar-refractivity contribution in [2.45, 2.75) is 26.3 Å². The van der Waals surface area contributed by atoms with Crippen molar-refractivity contribution in [3.8, 4) is 0 Å². The molecule has 2 rings (SSSR count). The molecule has 6 nitrogen and oxygen atoms in total. The topological polar surface area (TPSA) is 74.5 Å². The molecule has 1 aromatic heterocycles. The van der Waals surface area contributed by atoms with Gasteiger partial charge >= 0.3 is 0 Å². The predicted octanol–water partition coefficient (Wildman–Crippen LogP) is 0.447. The fourth-order valence-corrected chi connectivity index (χ4v) is 3.37. The summed E-state index contributed by atoms with van der Waals surface area (Å²) in [7, 11) is 2.14. The van der Waals surface area contributed by atoms with E-state index >= 15 is 0 Å². The van der Waals surface area contributed by atoms with E-state index in [1.807, 2.05) is 0 Å². The Labute approximate surface area is 123 Å². The normalized spacial score (nSPS) is 17.4. The van der Waals surface area contributed by atoms with Crippen LogP contribution in [0.15, 0.2) is 0 Å². The lowest BCUT2D eigenvalue weighted by atomic mass is 10.2. The van der Waals surface area contributed by atoms with Crippen LogP contribution in [0.1, 0.15) is 33.7 Å². The lowest BCUT2D eigenvalue weighted by Gasteiger charge is -2.31. The van der Waals surface area contributed by atoms with Gasteiger partial charge in [-0.1, -0.05) is 13.3 Å². The molecule has 1 fully saturated rings. The Balaban J connectivity index is 2.06. The zero-order valence-corrected chi connectivity index (χ0v) is 13.0. The van der Waals surface area contributed by atoms with E-state index in [0.717, 1.165) is 56.3 Å². The highest BCUT2D eigenvalue weighted by atomic mass is 32.1. The van der Waals surface area contributed by atoms with Gasteiger partial charge in [-0.15, -0.1) is 11.3 Å². The van der Waals surface area contributed by atoms with Crippen molar-refractivity contribution in [1.29, 1.82) is 0 Å². The number of nitrogens with zero attached hydrogens (tertiary/aromatic N) is 3. The summed E-state index contributed by atoms with van der Waals surface area (Å²) in [6.07, 6.45) is 1.80. The third kappa shape index (κ3) is 3.76. The van der Waals surface area contributed by atoms with E-state index in [1.165, 1.54) is 11.3 Å². The standard InChI is InChI=1S/C13H23N5OS/c1-3-4-10-12(13(19)16-14)20-11(15-10)9-18-7-5-17(2)6-8-18/h3-9,14H2,1-2H3,(H,16,19). The number of carbonyl (C=O) groups is 1. The number of piperazine rings is 1. The Kier molecular flexibility index (Phi) is 5.47. The maximum absolute atomic E-state index is 11.8. The Morgan fingerprint density at radius 1 is 1.40 bits per heavy atom. The van der Waals surface area contributed by atoms with E-state index in [-0.39, 0.29) is 5.91 Å². The number of rotatable bonds is 5. The Morgan fingerprint density at radius 2 is 2.10 bits per heavy atom. The monoisotopic (exact) mass is 297 g/mol. The number of nitrogens with two attached hydrogens (primary N) is 1. The second kappa shape index (κ2) is 7.12. The van der Waals surface area contributed by atoms with Crippen molar-refractivity contribution >= 4 is 17.2 Å². The molecule has 1 amide bonds. The van der Waals surface area contributed by atoms with E-state index in [1.54, 1.807) is 0 Å². The van der Waals surface area contributed by atoms with E-state index < -0.39 is 0 Å². The van der Waals surface area contributed by atoms with Gasteiger partial charge in [-0.3, -0.25) is 15.1 Å². The van der Waals surface area contributed by atoms with Gasteiger partial charge < -0.3 is 4.90 Å². The molecule has 0 spiro atoms. The minimum atomic E-state index is -0.226. The molecule has 3 N–H and O–H groups in total. The summed E-state index contributed by atoms with van der Waals surface area (Å²) in [6.45, 7) is 7.19. The van der Waals surface area contributed by atoms with Gasteiger partial charge in [-0.05, 0) is 13.5 Å². The van der Waals surface area contributed by atoms with Gasteiger partial charge in [0, 0.05) is 26.2 Å². The molecule has 1 aromatic rings.